The molecule has 1 aliphatic heterocycles. The van der Waals surface area contributed by atoms with E-state index in [0.717, 1.165) is 30.1 Å². The first-order valence-corrected chi connectivity index (χ1v) is 8.08. The number of benzene rings is 1. The third-order valence-electron chi connectivity index (χ3n) is 4.74. The fraction of sp³-hybridized carbons (Fsp3) is 0.588. The number of nitrogens with one attached hydrogen (secondary N) is 2. The van der Waals surface area contributed by atoms with E-state index >= 15 is 0 Å². The lowest BCUT2D eigenvalue weighted by atomic mass is 9.97. The first-order valence-electron chi connectivity index (χ1n) is 8.08. The number of halogens is 1. The lowest BCUT2D eigenvalue weighted by molar-refractivity contribution is -0.121. The Balaban J connectivity index is 0.00000144. The predicted octanol–water partition coefficient (Wildman–Crippen LogP) is 2.97. The molecule has 2 fully saturated rings. The molecule has 4 nitrogen and oxygen atoms in total. The van der Waals surface area contributed by atoms with E-state index in [9.17, 15) is 4.79 Å². The highest BCUT2D eigenvalue weighted by Crippen LogP contribution is 2.49. The van der Waals surface area contributed by atoms with Crippen molar-refractivity contribution < 1.29 is 9.53 Å². The van der Waals surface area contributed by atoms with Gasteiger partial charge in [-0.3, -0.25) is 4.79 Å². The minimum absolute atomic E-state index is 0. The van der Waals surface area contributed by atoms with E-state index in [1.165, 1.54) is 25.7 Å². The van der Waals surface area contributed by atoms with Crippen molar-refractivity contribution >= 4 is 24.0 Å². The van der Waals surface area contributed by atoms with Crippen LogP contribution >= 0.6 is 12.4 Å². The Hall–Kier alpha value is -1.26. The smallest absolute Gasteiger partial charge is 0.228 e. The van der Waals surface area contributed by atoms with Gasteiger partial charge in [-0.2, -0.15) is 0 Å². The first-order chi connectivity index (χ1) is 10.3. The van der Waals surface area contributed by atoms with Crippen molar-refractivity contribution in [3.8, 4) is 5.75 Å². The molecule has 2 aliphatic carbocycles. The normalized spacial score (nSPS) is 20.4. The lowest BCUT2D eigenvalue weighted by Crippen LogP contribution is -2.26. The van der Waals surface area contributed by atoms with Crippen molar-refractivity contribution in [2.24, 2.45) is 17.8 Å². The molecule has 4 rings (SSSR count). The Bertz CT molecular complexity index is 544. The number of rotatable bonds is 4. The first kappa shape index (κ1) is 15.6. The Morgan fingerprint density at radius 2 is 1.95 bits per heavy atom. The molecule has 0 radical (unpaired) electrons. The Morgan fingerprint density at radius 1 is 1.23 bits per heavy atom. The van der Waals surface area contributed by atoms with Crippen LogP contribution in [-0.2, 0) is 11.3 Å². The number of ether oxygens (including phenoxy) is 1. The van der Waals surface area contributed by atoms with Gasteiger partial charge >= 0.3 is 0 Å². The minimum atomic E-state index is 0. The maximum Gasteiger partial charge on any atom is 0.228 e. The summed E-state index contributed by atoms with van der Waals surface area (Å²) >= 11 is 0. The van der Waals surface area contributed by atoms with Crippen molar-refractivity contribution in [1.82, 2.24) is 5.32 Å². The van der Waals surface area contributed by atoms with Crippen molar-refractivity contribution in [3.05, 3.63) is 23.8 Å². The molecule has 22 heavy (non-hydrogen) atoms. The van der Waals surface area contributed by atoms with Gasteiger partial charge in [0.25, 0.3) is 0 Å². The molecule has 1 heterocycles. The van der Waals surface area contributed by atoms with Crippen LogP contribution in [0.3, 0.4) is 0 Å². The minimum Gasteiger partial charge on any atom is -0.492 e. The third-order valence-corrected chi connectivity index (χ3v) is 4.74. The molecule has 2 N–H and O–H groups in total. The number of carbonyl (C=O) groups is 1. The van der Waals surface area contributed by atoms with Gasteiger partial charge in [0.2, 0.25) is 5.91 Å². The number of fused-ring (bicyclic) bond motifs is 1. The summed E-state index contributed by atoms with van der Waals surface area (Å²) in [5, 5.41) is 6.46. The molecule has 3 aliphatic rings. The molecule has 0 saturated heterocycles. The monoisotopic (exact) mass is 322 g/mol. The summed E-state index contributed by atoms with van der Waals surface area (Å²) < 4.78 is 5.68. The summed E-state index contributed by atoms with van der Waals surface area (Å²) in [6, 6.07) is 5.97. The molecule has 0 atom stereocenters. The van der Waals surface area contributed by atoms with Crippen LogP contribution in [0.2, 0.25) is 0 Å². The van der Waals surface area contributed by atoms with Crippen molar-refractivity contribution in [1.29, 1.82) is 0 Å². The second-order valence-corrected chi connectivity index (χ2v) is 6.54. The maximum absolute atomic E-state index is 12.6. The summed E-state index contributed by atoms with van der Waals surface area (Å²) in [6.45, 7) is 2.36. The Morgan fingerprint density at radius 3 is 2.64 bits per heavy atom. The molecule has 5 heteroatoms. The average molecular weight is 323 g/mol. The average Bonchev–Trinajstić information content (AvgIpc) is 3.34. The number of hydrogen-bond donors (Lipinski definition) is 2. The molecular weight excluding hydrogens is 300 g/mol. The van der Waals surface area contributed by atoms with E-state index in [1.807, 2.05) is 18.2 Å². The number of carbonyl (C=O) groups excluding carboxylic acids is 1. The molecule has 0 unspecified atom stereocenters. The van der Waals surface area contributed by atoms with E-state index in [0.29, 0.717) is 18.4 Å². The van der Waals surface area contributed by atoms with Crippen molar-refractivity contribution in [2.75, 3.05) is 18.5 Å². The predicted molar refractivity (Wildman–Crippen MR) is 88.5 cm³/mol. The van der Waals surface area contributed by atoms with Crippen molar-refractivity contribution in [2.45, 2.75) is 32.2 Å². The van der Waals surface area contributed by atoms with Crippen LogP contribution in [0.15, 0.2) is 18.2 Å². The van der Waals surface area contributed by atoms with Crippen LogP contribution in [-0.4, -0.2) is 19.1 Å². The molecule has 0 spiro atoms. The molecular formula is C17H23ClN2O2. The Labute approximate surface area is 137 Å². The second-order valence-electron chi connectivity index (χ2n) is 6.54. The SMILES string of the molecule is Cl.O=C(Nc1ccc2c(c1)CNCCO2)C(C1CC1)C1CC1. The van der Waals surface area contributed by atoms with Crippen LogP contribution in [0.4, 0.5) is 5.69 Å². The fourth-order valence-electron chi connectivity index (χ4n) is 3.34. The zero-order valence-corrected chi connectivity index (χ0v) is 13.5. The number of amides is 1. The van der Waals surface area contributed by atoms with Crippen LogP contribution < -0.4 is 15.4 Å². The fourth-order valence-corrected chi connectivity index (χ4v) is 3.34. The maximum atomic E-state index is 12.6. The van der Waals surface area contributed by atoms with Gasteiger partial charge in [0, 0.05) is 30.3 Å². The van der Waals surface area contributed by atoms with E-state index in [4.69, 9.17) is 4.74 Å². The molecule has 1 aromatic carbocycles. The van der Waals surface area contributed by atoms with Gasteiger partial charge in [-0.05, 0) is 55.7 Å². The third kappa shape index (κ3) is 3.39. The Kier molecular flexibility index (Phi) is 4.59. The number of hydrogen-bond acceptors (Lipinski definition) is 3. The van der Waals surface area contributed by atoms with E-state index in [2.05, 4.69) is 10.6 Å². The second kappa shape index (κ2) is 6.47. The van der Waals surface area contributed by atoms with Crippen molar-refractivity contribution in [3.63, 3.8) is 0 Å². The van der Waals surface area contributed by atoms with Crippen LogP contribution in [0.1, 0.15) is 31.2 Å². The highest BCUT2D eigenvalue weighted by atomic mass is 35.5. The molecule has 1 amide bonds. The highest BCUT2D eigenvalue weighted by molar-refractivity contribution is 5.93. The van der Waals surface area contributed by atoms with Gasteiger partial charge in [-0.25, -0.2) is 0 Å². The summed E-state index contributed by atoms with van der Waals surface area (Å²) in [5.41, 5.74) is 2.03. The topological polar surface area (TPSA) is 50.4 Å². The zero-order valence-electron chi connectivity index (χ0n) is 12.6. The van der Waals surface area contributed by atoms with Gasteiger partial charge < -0.3 is 15.4 Å². The molecule has 1 aromatic rings. The standard InChI is InChI=1S/C17H22N2O2.ClH/c20-17(16(11-1-2-11)12-3-4-12)19-14-5-6-15-13(9-14)10-18-7-8-21-15;/h5-6,9,11-12,16,18H,1-4,7-8,10H2,(H,19,20);1H. The van der Waals surface area contributed by atoms with Gasteiger partial charge in [0.05, 0.1) is 0 Å². The largest absolute Gasteiger partial charge is 0.492 e. The van der Waals surface area contributed by atoms with Crippen LogP contribution in [0.25, 0.3) is 0 Å². The summed E-state index contributed by atoms with van der Waals surface area (Å²) in [6.07, 6.45) is 4.93. The van der Waals surface area contributed by atoms with Gasteiger partial charge in [0.15, 0.2) is 0 Å². The number of anilines is 1. The highest BCUT2D eigenvalue weighted by Gasteiger charge is 2.45. The van der Waals surface area contributed by atoms with Gasteiger partial charge in [0.1, 0.15) is 12.4 Å². The molecule has 2 saturated carbocycles. The molecule has 0 aromatic heterocycles. The summed E-state index contributed by atoms with van der Waals surface area (Å²) in [4.78, 5) is 12.6. The van der Waals surface area contributed by atoms with E-state index in [-0.39, 0.29) is 24.2 Å². The quantitative estimate of drug-likeness (QED) is 0.896. The summed E-state index contributed by atoms with van der Waals surface area (Å²) in [7, 11) is 0. The zero-order chi connectivity index (χ0) is 14.2. The summed E-state index contributed by atoms with van der Waals surface area (Å²) in [5.74, 6) is 2.69. The molecule has 120 valence electrons. The van der Waals surface area contributed by atoms with Gasteiger partial charge in [-0.1, -0.05) is 0 Å². The lowest BCUT2D eigenvalue weighted by Gasteiger charge is -2.16. The van der Waals surface area contributed by atoms with Crippen LogP contribution in [0.5, 0.6) is 5.75 Å². The molecule has 0 bridgehead atoms. The van der Waals surface area contributed by atoms with E-state index in [1.54, 1.807) is 0 Å². The van der Waals surface area contributed by atoms with Crippen LogP contribution in [0, 0.1) is 17.8 Å². The van der Waals surface area contributed by atoms with Gasteiger partial charge in [-0.15, -0.1) is 12.4 Å². The van der Waals surface area contributed by atoms with E-state index < -0.39 is 0 Å².